The van der Waals surface area contributed by atoms with Crippen LogP contribution in [0.15, 0.2) is 27.6 Å². The summed E-state index contributed by atoms with van der Waals surface area (Å²) in [5.41, 5.74) is 0. The van der Waals surface area contributed by atoms with Gasteiger partial charge >= 0.3 is 6.18 Å². The van der Waals surface area contributed by atoms with Crippen LogP contribution >= 0.6 is 39.3 Å². The summed E-state index contributed by atoms with van der Waals surface area (Å²) in [4.78, 5) is 0.495. The normalized spacial score (nSPS) is 11.8. The molecule has 0 unspecified atom stereocenters. The van der Waals surface area contributed by atoms with Crippen LogP contribution in [-0.2, 0) is 0 Å². The molecule has 0 aliphatic heterocycles. The molecule has 6 heteroatoms. The van der Waals surface area contributed by atoms with E-state index in [0.29, 0.717) is 26.2 Å². The lowest BCUT2D eigenvalue weighted by Crippen LogP contribution is -2.10. The van der Waals surface area contributed by atoms with Gasteiger partial charge in [-0.3, -0.25) is 0 Å². The van der Waals surface area contributed by atoms with Crippen LogP contribution in [-0.4, -0.2) is 11.9 Å². The molecule has 0 atom stereocenters. The zero-order valence-electron chi connectivity index (χ0n) is 6.74. The molecule has 0 radical (unpaired) electrons. The van der Waals surface area contributed by atoms with Crippen LogP contribution < -0.4 is 0 Å². The summed E-state index contributed by atoms with van der Waals surface area (Å²) < 4.78 is 36.3. The Labute approximate surface area is 97.0 Å². The zero-order valence-corrected chi connectivity index (χ0v) is 9.90. The van der Waals surface area contributed by atoms with E-state index in [4.69, 9.17) is 11.6 Å². The molecule has 0 nitrogen and oxygen atoms in total. The summed E-state index contributed by atoms with van der Waals surface area (Å²) in [6.07, 6.45) is -4.16. The maximum atomic E-state index is 11.9. The van der Waals surface area contributed by atoms with E-state index < -0.39 is 11.9 Å². The maximum absolute atomic E-state index is 11.9. The standard InChI is InChI=1S/C8H5BrClF3S/c9-6-2-1-5(10)3-7(6)14-4-8(11,12)13/h1-3H,4H2. The minimum absolute atomic E-state index is 0.429. The highest BCUT2D eigenvalue weighted by Gasteiger charge is 2.27. The largest absolute Gasteiger partial charge is 0.398 e. The molecule has 0 aliphatic rings. The number of halogens is 5. The molecular weight excluding hydrogens is 301 g/mol. The Bertz CT molecular complexity index is 327. The van der Waals surface area contributed by atoms with Crippen LogP contribution in [0.4, 0.5) is 13.2 Å². The smallest absolute Gasteiger partial charge is 0.170 e. The molecule has 14 heavy (non-hydrogen) atoms. The average molecular weight is 306 g/mol. The van der Waals surface area contributed by atoms with Crippen molar-refractivity contribution in [3.8, 4) is 0 Å². The molecule has 1 aromatic carbocycles. The number of benzene rings is 1. The average Bonchev–Trinajstić information content (AvgIpc) is 2.05. The van der Waals surface area contributed by atoms with Gasteiger partial charge in [-0.15, -0.1) is 11.8 Å². The number of alkyl halides is 3. The van der Waals surface area contributed by atoms with Crippen molar-refractivity contribution < 1.29 is 13.2 Å². The number of hydrogen-bond donors (Lipinski definition) is 0. The Kier molecular flexibility index (Phi) is 4.15. The fourth-order valence-corrected chi connectivity index (χ4v) is 2.31. The SMILES string of the molecule is FC(F)(F)CSc1cc(Cl)ccc1Br. The fraction of sp³-hybridized carbons (Fsp3) is 0.250. The number of hydrogen-bond acceptors (Lipinski definition) is 1. The lowest BCUT2D eigenvalue weighted by atomic mass is 10.4. The fourth-order valence-electron chi connectivity index (χ4n) is 0.747. The Morgan fingerprint density at radius 2 is 2.00 bits per heavy atom. The topological polar surface area (TPSA) is 0 Å². The van der Waals surface area contributed by atoms with Crippen LogP contribution in [0.5, 0.6) is 0 Å². The first-order valence-corrected chi connectivity index (χ1v) is 5.69. The third kappa shape index (κ3) is 4.11. The predicted octanol–water partition coefficient (Wildman–Crippen LogP) is 4.76. The molecule has 78 valence electrons. The Morgan fingerprint density at radius 3 is 2.57 bits per heavy atom. The van der Waals surface area contributed by atoms with Gasteiger partial charge < -0.3 is 0 Å². The van der Waals surface area contributed by atoms with Crippen LogP contribution in [0.3, 0.4) is 0 Å². The van der Waals surface area contributed by atoms with Gasteiger partial charge in [-0.2, -0.15) is 13.2 Å². The van der Waals surface area contributed by atoms with Crippen LogP contribution in [0.2, 0.25) is 5.02 Å². The van der Waals surface area contributed by atoms with Crippen molar-refractivity contribution in [2.75, 3.05) is 5.75 Å². The van der Waals surface area contributed by atoms with E-state index in [-0.39, 0.29) is 0 Å². The lowest BCUT2D eigenvalue weighted by Gasteiger charge is -2.07. The van der Waals surface area contributed by atoms with E-state index in [0.717, 1.165) is 0 Å². The van der Waals surface area contributed by atoms with Crippen molar-refractivity contribution in [3.63, 3.8) is 0 Å². The summed E-state index contributed by atoms with van der Waals surface area (Å²) in [7, 11) is 0. The maximum Gasteiger partial charge on any atom is 0.398 e. The van der Waals surface area contributed by atoms with Gasteiger partial charge in [0.05, 0.1) is 5.75 Å². The van der Waals surface area contributed by atoms with Gasteiger partial charge in [-0.1, -0.05) is 11.6 Å². The quantitative estimate of drug-likeness (QED) is 0.710. The molecule has 0 aromatic heterocycles. The third-order valence-electron chi connectivity index (χ3n) is 1.28. The first kappa shape index (κ1) is 12.2. The molecule has 0 heterocycles. The number of thioether (sulfide) groups is 1. The van der Waals surface area contributed by atoms with Crippen molar-refractivity contribution >= 4 is 39.3 Å². The van der Waals surface area contributed by atoms with Crippen molar-refractivity contribution in [2.24, 2.45) is 0 Å². The number of rotatable bonds is 2. The summed E-state index contributed by atoms with van der Waals surface area (Å²) in [6.45, 7) is 0. The highest BCUT2D eigenvalue weighted by atomic mass is 79.9. The highest BCUT2D eigenvalue weighted by molar-refractivity contribution is 9.10. The molecule has 0 bridgehead atoms. The van der Waals surface area contributed by atoms with E-state index in [1.807, 2.05) is 0 Å². The first-order valence-electron chi connectivity index (χ1n) is 3.53. The van der Waals surface area contributed by atoms with Crippen molar-refractivity contribution in [3.05, 3.63) is 27.7 Å². The molecule has 1 aromatic rings. The molecule has 0 aliphatic carbocycles. The summed E-state index contributed by atoms with van der Waals surface area (Å²) in [5.74, 6) is -0.911. The van der Waals surface area contributed by atoms with Gasteiger partial charge in [0, 0.05) is 14.4 Å². The molecule has 0 saturated heterocycles. The molecule has 0 N–H and O–H groups in total. The molecule has 0 saturated carbocycles. The zero-order chi connectivity index (χ0) is 10.8. The minimum atomic E-state index is -4.16. The van der Waals surface area contributed by atoms with Gasteiger partial charge in [0.1, 0.15) is 0 Å². The van der Waals surface area contributed by atoms with E-state index in [2.05, 4.69) is 15.9 Å². The van der Waals surface area contributed by atoms with Crippen LogP contribution in [0.1, 0.15) is 0 Å². The lowest BCUT2D eigenvalue weighted by molar-refractivity contribution is -0.105. The minimum Gasteiger partial charge on any atom is -0.170 e. The van der Waals surface area contributed by atoms with E-state index >= 15 is 0 Å². The summed E-state index contributed by atoms with van der Waals surface area (Å²) in [5, 5.41) is 0.429. The van der Waals surface area contributed by atoms with Gasteiger partial charge in [0.15, 0.2) is 0 Å². The second-order valence-electron chi connectivity index (χ2n) is 2.48. The monoisotopic (exact) mass is 304 g/mol. The first-order chi connectivity index (χ1) is 6.38. The van der Waals surface area contributed by atoms with Crippen molar-refractivity contribution in [2.45, 2.75) is 11.1 Å². The molecular formula is C8H5BrClF3S. The Morgan fingerprint density at radius 1 is 1.36 bits per heavy atom. The Hall–Kier alpha value is 0.130. The van der Waals surface area contributed by atoms with Crippen molar-refractivity contribution in [1.29, 1.82) is 0 Å². The van der Waals surface area contributed by atoms with Crippen molar-refractivity contribution in [1.82, 2.24) is 0 Å². The van der Waals surface area contributed by atoms with Crippen LogP contribution in [0, 0.1) is 0 Å². The van der Waals surface area contributed by atoms with Gasteiger partial charge in [0.25, 0.3) is 0 Å². The molecule has 0 amide bonds. The van der Waals surface area contributed by atoms with E-state index in [9.17, 15) is 13.2 Å². The Balaban J connectivity index is 2.72. The molecule has 1 rings (SSSR count). The molecule has 0 spiro atoms. The second kappa shape index (κ2) is 4.77. The summed E-state index contributed by atoms with van der Waals surface area (Å²) >= 11 is 9.51. The second-order valence-corrected chi connectivity index (χ2v) is 4.79. The van der Waals surface area contributed by atoms with E-state index in [1.165, 1.54) is 6.07 Å². The third-order valence-corrected chi connectivity index (χ3v) is 3.59. The summed E-state index contributed by atoms with van der Waals surface area (Å²) in [6, 6.07) is 4.74. The van der Waals surface area contributed by atoms with E-state index in [1.54, 1.807) is 12.1 Å². The van der Waals surface area contributed by atoms with Crippen LogP contribution in [0.25, 0.3) is 0 Å². The predicted molar refractivity (Wildman–Crippen MR) is 55.9 cm³/mol. The highest BCUT2D eigenvalue weighted by Crippen LogP contribution is 2.33. The van der Waals surface area contributed by atoms with Gasteiger partial charge in [0.2, 0.25) is 0 Å². The molecule has 0 fully saturated rings. The van der Waals surface area contributed by atoms with Gasteiger partial charge in [-0.05, 0) is 34.1 Å². The van der Waals surface area contributed by atoms with Gasteiger partial charge in [-0.25, -0.2) is 0 Å².